The number of carboxylic acid groups (broad SMARTS) is 1. The minimum absolute atomic E-state index is 0.0105. The Labute approximate surface area is 112 Å². The van der Waals surface area contributed by atoms with Crippen LogP contribution in [-0.4, -0.2) is 26.4 Å². The quantitative estimate of drug-likeness (QED) is 0.796. The molecule has 1 heterocycles. The number of rotatable bonds is 2. The van der Waals surface area contributed by atoms with Gasteiger partial charge in [0.2, 0.25) is 0 Å². The van der Waals surface area contributed by atoms with Crippen LogP contribution in [0.15, 0.2) is 16.6 Å². The Hall–Kier alpha value is -1.82. The predicted molar refractivity (Wildman–Crippen MR) is 69.8 cm³/mol. The van der Waals surface area contributed by atoms with E-state index in [1.54, 1.807) is 19.9 Å². The van der Waals surface area contributed by atoms with Gasteiger partial charge in [-0.15, -0.1) is 0 Å². The van der Waals surface area contributed by atoms with E-state index in [1.807, 2.05) is 0 Å². The van der Waals surface area contributed by atoms with Crippen LogP contribution in [0.1, 0.15) is 21.6 Å². The van der Waals surface area contributed by atoms with Gasteiger partial charge in [0.15, 0.2) is 0 Å². The third kappa shape index (κ3) is 1.99. The molecule has 0 fully saturated rings. The van der Waals surface area contributed by atoms with Crippen LogP contribution in [0.3, 0.4) is 0 Å². The standard InChI is InChI=1S/C12H11BrN2O3/c1-5-3-7(13)10(6(2)11(5)16)8-4-9(12(17)18)15-14-8/h3-4,16H,1-2H3,(H,14,15)(H,17,18). The molecule has 0 aliphatic heterocycles. The number of aromatic carboxylic acids is 1. The van der Waals surface area contributed by atoms with Crippen LogP contribution in [0.25, 0.3) is 11.3 Å². The summed E-state index contributed by atoms with van der Waals surface area (Å²) in [7, 11) is 0. The highest BCUT2D eigenvalue weighted by molar-refractivity contribution is 9.10. The molecule has 0 saturated carbocycles. The molecule has 0 aliphatic carbocycles. The Morgan fingerprint density at radius 1 is 1.39 bits per heavy atom. The fraction of sp³-hybridized carbons (Fsp3) is 0.167. The number of phenols is 1. The van der Waals surface area contributed by atoms with Gasteiger partial charge < -0.3 is 10.2 Å². The number of phenolic OH excluding ortho intramolecular Hbond substituents is 1. The van der Waals surface area contributed by atoms with Crippen molar-refractivity contribution in [1.29, 1.82) is 0 Å². The third-order valence-electron chi connectivity index (χ3n) is 2.75. The molecule has 1 aromatic heterocycles. The average molecular weight is 311 g/mol. The number of halogens is 1. The van der Waals surface area contributed by atoms with Crippen molar-refractivity contribution in [3.8, 4) is 17.0 Å². The van der Waals surface area contributed by atoms with Crippen molar-refractivity contribution in [1.82, 2.24) is 10.2 Å². The van der Waals surface area contributed by atoms with Crippen molar-refractivity contribution in [2.75, 3.05) is 0 Å². The zero-order chi connectivity index (χ0) is 13.4. The molecule has 0 bridgehead atoms. The zero-order valence-electron chi connectivity index (χ0n) is 9.78. The Morgan fingerprint density at radius 3 is 2.61 bits per heavy atom. The summed E-state index contributed by atoms with van der Waals surface area (Å²) >= 11 is 3.40. The van der Waals surface area contributed by atoms with Gasteiger partial charge in [0.1, 0.15) is 11.4 Å². The molecular weight excluding hydrogens is 300 g/mol. The number of aromatic amines is 1. The molecule has 0 atom stereocenters. The number of nitrogens with one attached hydrogen (secondary N) is 1. The molecule has 2 rings (SSSR count). The maximum absolute atomic E-state index is 10.8. The number of H-pyrrole nitrogens is 1. The first kappa shape index (κ1) is 12.6. The van der Waals surface area contributed by atoms with E-state index in [-0.39, 0.29) is 11.4 Å². The summed E-state index contributed by atoms with van der Waals surface area (Å²) in [4.78, 5) is 10.8. The van der Waals surface area contributed by atoms with Crippen molar-refractivity contribution < 1.29 is 15.0 Å². The lowest BCUT2D eigenvalue weighted by molar-refractivity contribution is 0.0690. The minimum atomic E-state index is -1.07. The van der Waals surface area contributed by atoms with Crippen molar-refractivity contribution in [3.05, 3.63) is 33.4 Å². The number of aromatic hydroxyl groups is 1. The molecule has 0 saturated heterocycles. The van der Waals surface area contributed by atoms with E-state index < -0.39 is 5.97 Å². The highest BCUT2D eigenvalue weighted by Gasteiger charge is 2.17. The van der Waals surface area contributed by atoms with Gasteiger partial charge in [0.05, 0.1) is 5.69 Å². The lowest BCUT2D eigenvalue weighted by Crippen LogP contribution is -1.95. The van der Waals surface area contributed by atoms with Crippen LogP contribution >= 0.6 is 15.9 Å². The fourth-order valence-corrected chi connectivity index (χ4v) is 2.64. The van der Waals surface area contributed by atoms with Gasteiger partial charge in [-0.2, -0.15) is 5.10 Å². The first-order valence-corrected chi connectivity index (χ1v) is 5.99. The molecule has 2 aromatic rings. The Balaban J connectivity index is 2.63. The summed E-state index contributed by atoms with van der Waals surface area (Å²) in [5.41, 5.74) is 2.58. The molecule has 0 aliphatic rings. The van der Waals surface area contributed by atoms with E-state index in [0.717, 1.165) is 10.0 Å². The molecule has 94 valence electrons. The number of carboxylic acids is 1. The predicted octanol–water partition coefficient (Wildman–Crippen LogP) is 2.86. The molecule has 6 heteroatoms. The molecule has 0 spiro atoms. The van der Waals surface area contributed by atoms with Crippen LogP contribution in [0, 0.1) is 13.8 Å². The van der Waals surface area contributed by atoms with Crippen molar-refractivity contribution in [2.24, 2.45) is 0 Å². The second-order valence-corrected chi connectivity index (χ2v) is 4.85. The summed E-state index contributed by atoms with van der Waals surface area (Å²) in [5, 5.41) is 25.2. The maximum atomic E-state index is 10.8. The number of hydrogen-bond acceptors (Lipinski definition) is 3. The fourth-order valence-electron chi connectivity index (χ4n) is 1.80. The first-order chi connectivity index (χ1) is 8.41. The van der Waals surface area contributed by atoms with Crippen molar-refractivity contribution >= 4 is 21.9 Å². The van der Waals surface area contributed by atoms with Crippen LogP contribution in [-0.2, 0) is 0 Å². The molecule has 0 unspecified atom stereocenters. The van der Waals surface area contributed by atoms with E-state index in [4.69, 9.17) is 5.11 Å². The average Bonchev–Trinajstić information content (AvgIpc) is 2.75. The largest absolute Gasteiger partial charge is 0.507 e. The zero-order valence-corrected chi connectivity index (χ0v) is 11.4. The lowest BCUT2D eigenvalue weighted by atomic mass is 10.0. The highest BCUT2D eigenvalue weighted by atomic mass is 79.9. The normalized spacial score (nSPS) is 10.6. The molecule has 1 aromatic carbocycles. The molecule has 3 N–H and O–H groups in total. The Kier molecular flexibility index (Phi) is 3.13. The van der Waals surface area contributed by atoms with Gasteiger partial charge in [-0.1, -0.05) is 15.9 Å². The van der Waals surface area contributed by atoms with E-state index in [2.05, 4.69) is 26.1 Å². The summed E-state index contributed by atoms with van der Waals surface area (Å²) in [6.07, 6.45) is 0. The van der Waals surface area contributed by atoms with Crippen LogP contribution in [0.4, 0.5) is 0 Å². The van der Waals surface area contributed by atoms with E-state index in [0.29, 0.717) is 16.8 Å². The molecular formula is C12H11BrN2O3. The minimum Gasteiger partial charge on any atom is -0.507 e. The second kappa shape index (κ2) is 4.45. The molecule has 5 nitrogen and oxygen atoms in total. The number of hydrogen-bond donors (Lipinski definition) is 3. The summed E-state index contributed by atoms with van der Waals surface area (Å²) in [6.45, 7) is 3.56. The number of nitrogens with zero attached hydrogens (tertiary/aromatic N) is 1. The topological polar surface area (TPSA) is 86.2 Å². The number of aromatic nitrogens is 2. The molecule has 0 amide bonds. The lowest BCUT2D eigenvalue weighted by Gasteiger charge is -2.10. The number of aryl methyl sites for hydroxylation is 1. The molecule has 0 radical (unpaired) electrons. The SMILES string of the molecule is Cc1cc(Br)c(-c2cc(C(=O)O)[nH]n2)c(C)c1O. The van der Waals surface area contributed by atoms with Crippen molar-refractivity contribution in [3.63, 3.8) is 0 Å². The summed E-state index contributed by atoms with van der Waals surface area (Å²) < 4.78 is 0.763. The van der Waals surface area contributed by atoms with E-state index in [1.165, 1.54) is 6.07 Å². The van der Waals surface area contributed by atoms with Crippen LogP contribution in [0.2, 0.25) is 0 Å². The molecule has 18 heavy (non-hydrogen) atoms. The number of carbonyl (C=O) groups is 1. The first-order valence-electron chi connectivity index (χ1n) is 5.19. The summed E-state index contributed by atoms with van der Waals surface area (Å²) in [5.74, 6) is -0.882. The van der Waals surface area contributed by atoms with Crippen molar-refractivity contribution in [2.45, 2.75) is 13.8 Å². The van der Waals surface area contributed by atoms with Crippen LogP contribution < -0.4 is 0 Å². The second-order valence-electron chi connectivity index (χ2n) is 4.00. The van der Waals surface area contributed by atoms with Gasteiger partial charge in [0.25, 0.3) is 0 Å². The van der Waals surface area contributed by atoms with Gasteiger partial charge in [-0.25, -0.2) is 4.79 Å². The van der Waals surface area contributed by atoms with Gasteiger partial charge in [0, 0.05) is 15.6 Å². The number of benzene rings is 1. The van der Waals surface area contributed by atoms with Crippen LogP contribution in [0.5, 0.6) is 5.75 Å². The smallest absolute Gasteiger partial charge is 0.353 e. The van der Waals surface area contributed by atoms with Gasteiger partial charge in [-0.05, 0) is 31.5 Å². The van der Waals surface area contributed by atoms with E-state index in [9.17, 15) is 9.90 Å². The Morgan fingerprint density at radius 2 is 2.06 bits per heavy atom. The monoisotopic (exact) mass is 310 g/mol. The maximum Gasteiger partial charge on any atom is 0.353 e. The Bertz CT molecular complexity index is 634. The highest BCUT2D eigenvalue weighted by Crippen LogP contribution is 2.37. The van der Waals surface area contributed by atoms with Gasteiger partial charge >= 0.3 is 5.97 Å². The third-order valence-corrected chi connectivity index (χ3v) is 3.38. The van der Waals surface area contributed by atoms with Gasteiger partial charge in [-0.3, -0.25) is 5.10 Å². The van der Waals surface area contributed by atoms with E-state index >= 15 is 0 Å². The summed E-state index contributed by atoms with van der Waals surface area (Å²) in [6, 6.07) is 3.21.